The topological polar surface area (TPSA) is 54.7 Å². The molecule has 1 aromatic carbocycles. The summed E-state index contributed by atoms with van der Waals surface area (Å²) < 4.78 is 0. The van der Waals surface area contributed by atoms with Crippen LogP contribution < -0.4 is 5.73 Å². The lowest BCUT2D eigenvalue weighted by molar-refractivity contribution is 0.639. The lowest BCUT2D eigenvalue weighted by atomic mass is 10.0. The zero-order valence-corrected chi connectivity index (χ0v) is 8.33. The van der Waals surface area contributed by atoms with E-state index in [2.05, 4.69) is 29.3 Å². The van der Waals surface area contributed by atoms with E-state index in [0.717, 1.165) is 23.7 Å². The Morgan fingerprint density at radius 3 is 3.14 bits per heavy atom. The molecule has 0 saturated heterocycles. The fraction of sp³-hybridized carbons (Fsp3) is 0.364. The Balaban J connectivity index is 2.33. The van der Waals surface area contributed by atoms with Gasteiger partial charge in [0.2, 0.25) is 0 Å². The molecule has 3 heteroatoms. The second-order valence-corrected chi connectivity index (χ2v) is 3.61. The first-order valence-corrected chi connectivity index (χ1v) is 5.00. The Labute approximate surface area is 83.3 Å². The number of hydrogen-bond acceptors (Lipinski definition) is 2. The van der Waals surface area contributed by atoms with Gasteiger partial charge in [0.1, 0.15) is 0 Å². The summed E-state index contributed by atoms with van der Waals surface area (Å²) in [5, 5.41) is 8.04. The third-order valence-electron chi connectivity index (χ3n) is 2.49. The van der Waals surface area contributed by atoms with Gasteiger partial charge in [0.05, 0.1) is 11.7 Å². The highest BCUT2D eigenvalue weighted by molar-refractivity contribution is 5.78. The summed E-state index contributed by atoms with van der Waals surface area (Å²) >= 11 is 0. The molecule has 3 nitrogen and oxygen atoms in total. The zero-order chi connectivity index (χ0) is 9.97. The fourth-order valence-electron chi connectivity index (χ4n) is 1.67. The number of nitrogens with one attached hydrogen (secondary N) is 1. The maximum Gasteiger partial charge on any atom is 0.0650 e. The van der Waals surface area contributed by atoms with E-state index in [1.54, 1.807) is 0 Å². The molecule has 1 aromatic heterocycles. The van der Waals surface area contributed by atoms with Gasteiger partial charge in [0, 0.05) is 11.4 Å². The van der Waals surface area contributed by atoms with Crippen LogP contribution >= 0.6 is 0 Å². The largest absolute Gasteiger partial charge is 0.324 e. The van der Waals surface area contributed by atoms with Crippen LogP contribution in [0.2, 0.25) is 0 Å². The molecule has 0 saturated carbocycles. The summed E-state index contributed by atoms with van der Waals surface area (Å²) in [4.78, 5) is 0. The van der Waals surface area contributed by atoms with Gasteiger partial charge in [-0.25, -0.2) is 0 Å². The number of nitrogens with two attached hydrogens (primary N) is 1. The first kappa shape index (κ1) is 9.21. The van der Waals surface area contributed by atoms with Crippen molar-refractivity contribution in [2.24, 2.45) is 5.73 Å². The lowest BCUT2D eigenvalue weighted by Gasteiger charge is -2.10. The van der Waals surface area contributed by atoms with Gasteiger partial charge >= 0.3 is 0 Å². The quantitative estimate of drug-likeness (QED) is 0.778. The van der Waals surface area contributed by atoms with Crippen molar-refractivity contribution in [2.45, 2.75) is 25.8 Å². The summed E-state index contributed by atoms with van der Waals surface area (Å²) in [6.45, 7) is 2.15. The molecule has 0 aliphatic carbocycles. The van der Waals surface area contributed by atoms with Gasteiger partial charge in [-0.2, -0.15) is 5.10 Å². The van der Waals surface area contributed by atoms with Gasteiger partial charge < -0.3 is 5.73 Å². The fourth-order valence-corrected chi connectivity index (χ4v) is 1.67. The van der Waals surface area contributed by atoms with Crippen LogP contribution in [0.1, 0.15) is 31.4 Å². The average molecular weight is 189 g/mol. The third kappa shape index (κ3) is 1.63. The maximum atomic E-state index is 6.03. The summed E-state index contributed by atoms with van der Waals surface area (Å²) in [7, 11) is 0. The first-order chi connectivity index (χ1) is 6.81. The summed E-state index contributed by atoms with van der Waals surface area (Å²) in [5.74, 6) is 0. The number of fused-ring (bicyclic) bond motifs is 1. The molecule has 14 heavy (non-hydrogen) atoms. The van der Waals surface area contributed by atoms with E-state index in [0.29, 0.717) is 0 Å². The smallest absolute Gasteiger partial charge is 0.0650 e. The van der Waals surface area contributed by atoms with Crippen LogP contribution in [-0.4, -0.2) is 10.2 Å². The molecule has 1 heterocycles. The summed E-state index contributed by atoms with van der Waals surface area (Å²) in [6.07, 6.45) is 3.98. The molecule has 0 aliphatic rings. The predicted molar refractivity (Wildman–Crippen MR) is 57.9 cm³/mol. The molecule has 0 aliphatic heterocycles. The van der Waals surface area contributed by atoms with Crippen LogP contribution in [0, 0.1) is 0 Å². The van der Waals surface area contributed by atoms with Crippen molar-refractivity contribution in [2.75, 3.05) is 0 Å². The minimum atomic E-state index is 0.152. The number of nitrogens with zero attached hydrogens (tertiary/aromatic N) is 1. The van der Waals surface area contributed by atoms with Crippen molar-refractivity contribution in [3.8, 4) is 0 Å². The molecule has 3 N–H and O–H groups in total. The molecule has 0 fully saturated rings. The van der Waals surface area contributed by atoms with Crippen LogP contribution in [0.3, 0.4) is 0 Å². The molecular weight excluding hydrogens is 174 g/mol. The Kier molecular flexibility index (Phi) is 2.50. The molecule has 74 valence electrons. The Bertz CT molecular complexity index is 419. The summed E-state index contributed by atoms with van der Waals surface area (Å²) in [5.41, 5.74) is 8.30. The predicted octanol–water partition coefficient (Wildman–Crippen LogP) is 2.36. The van der Waals surface area contributed by atoms with Gasteiger partial charge in [-0.05, 0) is 24.1 Å². The number of benzene rings is 1. The molecular formula is C11H15N3. The van der Waals surface area contributed by atoms with E-state index in [1.807, 2.05) is 12.3 Å². The molecule has 0 spiro atoms. The highest BCUT2D eigenvalue weighted by Gasteiger charge is 2.05. The third-order valence-corrected chi connectivity index (χ3v) is 2.49. The Morgan fingerprint density at radius 1 is 1.50 bits per heavy atom. The summed E-state index contributed by atoms with van der Waals surface area (Å²) in [6, 6.07) is 6.37. The minimum absolute atomic E-state index is 0.152. The second kappa shape index (κ2) is 3.80. The highest BCUT2D eigenvalue weighted by atomic mass is 15.1. The van der Waals surface area contributed by atoms with E-state index in [4.69, 9.17) is 5.73 Å². The Morgan fingerprint density at radius 2 is 2.36 bits per heavy atom. The van der Waals surface area contributed by atoms with Crippen molar-refractivity contribution >= 4 is 10.9 Å². The van der Waals surface area contributed by atoms with Gasteiger partial charge in [-0.1, -0.05) is 19.4 Å². The van der Waals surface area contributed by atoms with Crippen molar-refractivity contribution < 1.29 is 0 Å². The van der Waals surface area contributed by atoms with Crippen LogP contribution in [0.5, 0.6) is 0 Å². The van der Waals surface area contributed by atoms with Gasteiger partial charge in [-0.3, -0.25) is 5.10 Å². The van der Waals surface area contributed by atoms with E-state index in [9.17, 15) is 0 Å². The standard InChI is InChI=1S/C11H15N3/c1-2-3-10(12)8-4-5-11-9(6-8)7-13-14-11/h4-7,10H,2-3,12H2,1H3,(H,13,14)/t10-/m0/s1. The lowest BCUT2D eigenvalue weighted by Crippen LogP contribution is -2.09. The minimum Gasteiger partial charge on any atom is -0.324 e. The van der Waals surface area contributed by atoms with Gasteiger partial charge in [-0.15, -0.1) is 0 Å². The van der Waals surface area contributed by atoms with E-state index in [1.165, 1.54) is 5.56 Å². The molecule has 0 unspecified atom stereocenters. The molecule has 0 radical (unpaired) electrons. The molecule has 1 atom stereocenters. The van der Waals surface area contributed by atoms with Crippen LogP contribution in [0.4, 0.5) is 0 Å². The van der Waals surface area contributed by atoms with E-state index < -0.39 is 0 Å². The molecule has 0 bridgehead atoms. The van der Waals surface area contributed by atoms with Crippen LogP contribution in [-0.2, 0) is 0 Å². The number of aromatic nitrogens is 2. The number of hydrogen-bond donors (Lipinski definition) is 2. The molecule has 2 rings (SSSR count). The van der Waals surface area contributed by atoms with Crippen molar-refractivity contribution in [1.29, 1.82) is 0 Å². The SMILES string of the molecule is CCC[C@H](N)c1ccc2[nH]ncc2c1. The number of rotatable bonds is 3. The van der Waals surface area contributed by atoms with Crippen LogP contribution in [0.15, 0.2) is 24.4 Å². The Hall–Kier alpha value is -1.35. The van der Waals surface area contributed by atoms with Gasteiger partial charge in [0.15, 0.2) is 0 Å². The molecule has 0 amide bonds. The first-order valence-electron chi connectivity index (χ1n) is 5.00. The van der Waals surface area contributed by atoms with Gasteiger partial charge in [0.25, 0.3) is 0 Å². The normalized spacial score (nSPS) is 13.3. The van der Waals surface area contributed by atoms with E-state index in [-0.39, 0.29) is 6.04 Å². The molecule has 2 aromatic rings. The monoisotopic (exact) mass is 189 g/mol. The van der Waals surface area contributed by atoms with Crippen molar-refractivity contribution in [3.05, 3.63) is 30.0 Å². The highest BCUT2D eigenvalue weighted by Crippen LogP contribution is 2.20. The zero-order valence-electron chi connectivity index (χ0n) is 8.33. The van der Waals surface area contributed by atoms with Crippen LogP contribution in [0.25, 0.3) is 10.9 Å². The number of H-pyrrole nitrogens is 1. The maximum absolute atomic E-state index is 6.03. The van der Waals surface area contributed by atoms with Crippen molar-refractivity contribution in [1.82, 2.24) is 10.2 Å². The van der Waals surface area contributed by atoms with Crippen molar-refractivity contribution in [3.63, 3.8) is 0 Å². The second-order valence-electron chi connectivity index (χ2n) is 3.61. The van der Waals surface area contributed by atoms with E-state index >= 15 is 0 Å². The number of aromatic amines is 1. The average Bonchev–Trinajstić information content (AvgIpc) is 2.64.